The Balaban J connectivity index is 1.69. The second-order valence-electron chi connectivity index (χ2n) is 6.20. The third-order valence-electron chi connectivity index (χ3n) is 4.10. The van der Waals surface area contributed by atoms with Crippen LogP contribution in [0.25, 0.3) is 0 Å². The summed E-state index contributed by atoms with van der Waals surface area (Å²) in [4.78, 5) is 38.9. The fraction of sp³-hybridized carbons (Fsp3) is 0.150. The van der Waals surface area contributed by atoms with Crippen molar-refractivity contribution < 1.29 is 9.59 Å². The molecule has 2 aromatic heterocycles. The molecule has 6 nitrogen and oxygen atoms in total. The minimum Gasteiger partial charge on any atom is -0.353 e. The van der Waals surface area contributed by atoms with Gasteiger partial charge in [0.05, 0.1) is 20.0 Å². The minimum absolute atomic E-state index is 0.153. The van der Waals surface area contributed by atoms with Crippen molar-refractivity contribution in [1.29, 1.82) is 0 Å². The third kappa shape index (κ3) is 6.12. The normalized spacial score (nSPS) is 11.7. The van der Waals surface area contributed by atoms with Crippen molar-refractivity contribution in [3.63, 3.8) is 0 Å². The SMILES string of the molecule is O=C(Cc1cc(Br)sc1Br)NCC(NC(=O)c1cccc(=O)[nH]1)c1ccccc1. The lowest BCUT2D eigenvalue weighted by atomic mass is 10.1. The number of nitrogens with one attached hydrogen (secondary N) is 3. The van der Waals surface area contributed by atoms with E-state index in [1.54, 1.807) is 0 Å². The maximum absolute atomic E-state index is 12.6. The van der Waals surface area contributed by atoms with Gasteiger partial charge in [0.25, 0.3) is 5.91 Å². The number of rotatable bonds is 7. The highest BCUT2D eigenvalue weighted by Gasteiger charge is 2.18. The molecule has 2 heterocycles. The Labute approximate surface area is 188 Å². The van der Waals surface area contributed by atoms with Gasteiger partial charge < -0.3 is 15.6 Å². The Morgan fingerprint density at radius 1 is 1.07 bits per heavy atom. The van der Waals surface area contributed by atoms with Gasteiger partial charge in [-0.25, -0.2) is 0 Å². The highest BCUT2D eigenvalue weighted by Crippen LogP contribution is 2.32. The number of benzene rings is 1. The number of halogens is 2. The first-order valence-electron chi connectivity index (χ1n) is 8.68. The number of thiophene rings is 1. The molecule has 1 unspecified atom stereocenters. The van der Waals surface area contributed by atoms with Gasteiger partial charge in [-0.15, -0.1) is 11.3 Å². The molecule has 1 atom stereocenters. The summed E-state index contributed by atoms with van der Waals surface area (Å²) in [5, 5.41) is 5.75. The summed E-state index contributed by atoms with van der Waals surface area (Å²) in [7, 11) is 0. The fourth-order valence-electron chi connectivity index (χ4n) is 2.70. The maximum atomic E-state index is 12.6. The first-order chi connectivity index (χ1) is 13.9. The summed E-state index contributed by atoms with van der Waals surface area (Å²) in [5.74, 6) is -0.574. The molecule has 9 heteroatoms. The van der Waals surface area contributed by atoms with Gasteiger partial charge >= 0.3 is 0 Å². The maximum Gasteiger partial charge on any atom is 0.268 e. The summed E-state index contributed by atoms with van der Waals surface area (Å²) >= 11 is 8.36. The molecule has 2 amide bonds. The molecule has 3 N–H and O–H groups in total. The molecule has 0 bridgehead atoms. The average molecular weight is 539 g/mol. The first kappa shape index (κ1) is 21.5. The molecule has 0 fully saturated rings. The van der Waals surface area contributed by atoms with Gasteiger partial charge in [-0.2, -0.15) is 0 Å². The second-order valence-corrected chi connectivity index (χ2v) is 9.95. The molecular formula is C20H17Br2N3O3S. The summed E-state index contributed by atoms with van der Waals surface area (Å²) in [6.07, 6.45) is 0.226. The number of hydrogen-bond donors (Lipinski definition) is 3. The molecule has 0 saturated carbocycles. The summed E-state index contributed by atoms with van der Waals surface area (Å²) < 4.78 is 1.85. The van der Waals surface area contributed by atoms with Crippen LogP contribution >= 0.6 is 43.2 Å². The number of aromatic amines is 1. The molecule has 0 radical (unpaired) electrons. The van der Waals surface area contributed by atoms with Crippen LogP contribution in [-0.4, -0.2) is 23.3 Å². The van der Waals surface area contributed by atoms with Crippen LogP contribution in [0.3, 0.4) is 0 Å². The monoisotopic (exact) mass is 537 g/mol. The lowest BCUT2D eigenvalue weighted by Crippen LogP contribution is -2.39. The van der Waals surface area contributed by atoms with Gasteiger partial charge in [-0.05, 0) is 55.1 Å². The number of aromatic nitrogens is 1. The van der Waals surface area contributed by atoms with Crippen LogP contribution in [0.5, 0.6) is 0 Å². The van der Waals surface area contributed by atoms with E-state index < -0.39 is 11.9 Å². The topological polar surface area (TPSA) is 91.1 Å². The van der Waals surface area contributed by atoms with E-state index in [0.717, 1.165) is 18.7 Å². The van der Waals surface area contributed by atoms with Gasteiger partial charge in [-0.1, -0.05) is 36.4 Å². The van der Waals surface area contributed by atoms with E-state index in [0.29, 0.717) is 0 Å². The van der Waals surface area contributed by atoms with Crippen LogP contribution in [0.4, 0.5) is 0 Å². The Morgan fingerprint density at radius 2 is 1.83 bits per heavy atom. The molecule has 29 heavy (non-hydrogen) atoms. The van der Waals surface area contributed by atoms with Crippen LogP contribution in [0.15, 0.2) is 67.0 Å². The second kappa shape index (κ2) is 10.00. The lowest BCUT2D eigenvalue weighted by Gasteiger charge is -2.20. The molecule has 1 aromatic carbocycles. The number of carbonyl (C=O) groups is 2. The predicted molar refractivity (Wildman–Crippen MR) is 120 cm³/mol. The molecule has 0 saturated heterocycles. The summed E-state index contributed by atoms with van der Waals surface area (Å²) in [6.45, 7) is 0.217. The van der Waals surface area contributed by atoms with Crippen LogP contribution in [0, 0.1) is 0 Å². The molecule has 0 aliphatic carbocycles. The Bertz CT molecular complexity index is 1070. The van der Waals surface area contributed by atoms with E-state index >= 15 is 0 Å². The van der Waals surface area contributed by atoms with E-state index in [9.17, 15) is 14.4 Å². The Hall–Kier alpha value is -2.23. The van der Waals surface area contributed by atoms with E-state index in [1.165, 1.54) is 29.5 Å². The number of pyridine rings is 1. The average Bonchev–Trinajstić information content (AvgIpc) is 3.02. The third-order valence-corrected chi connectivity index (χ3v) is 6.57. The molecule has 150 valence electrons. The summed E-state index contributed by atoms with van der Waals surface area (Å²) in [5.41, 5.74) is 1.55. The zero-order valence-electron chi connectivity index (χ0n) is 15.1. The van der Waals surface area contributed by atoms with Crippen molar-refractivity contribution in [3.8, 4) is 0 Å². The highest BCUT2D eigenvalue weighted by molar-refractivity contribution is 9.12. The van der Waals surface area contributed by atoms with Gasteiger partial charge in [0.2, 0.25) is 11.5 Å². The van der Waals surface area contributed by atoms with Gasteiger partial charge in [0, 0.05) is 12.6 Å². The van der Waals surface area contributed by atoms with Gasteiger partial charge in [-0.3, -0.25) is 14.4 Å². The number of amides is 2. The van der Waals surface area contributed by atoms with E-state index in [4.69, 9.17) is 0 Å². The van der Waals surface area contributed by atoms with E-state index in [2.05, 4.69) is 47.5 Å². The number of hydrogen-bond acceptors (Lipinski definition) is 4. The molecule has 3 aromatic rings. The Kier molecular flexibility index (Phi) is 7.40. The van der Waals surface area contributed by atoms with Crippen LogP contribution in [0.1, 0.15) is 27.7 Å². The fourth-order valence-corrected chi connectivity index (χ4v) is 5.53. The summed E-state index contributed by atoms with van der Waals surface area (Å²) in [6, 6.07) is 15.2. The molecule has 3 rings (SSSR count). The minimum atomic E-state index is -0.450. The van der Waals surface area contributed by atoms with Crippen molar-refractivity contribution in [2.45, 2.75) is 12.5 Å². The lowest BCUT2D eigenvalue weighted by molar-refractivity contribution is -0.120. The molecule has 0 aliphatic heterocycles. The number of H-pyrrole nitrogens is 1. The van der Waals surface area contributed by atoms with Crippen molar-refractivity contribution >= 4 is 55.0 Å². The van der Waals surface area contributed by atoms with Crippen LogP contribution in [0.2, 0.25) is 0 Å². The van der Waals surface area contributed by atoms with Crippen molar-refractivity contribution in [2.24, 2.45) is 0 Å². The Morgan fingerprint density at radius 3 is 2.48 bits per heavy atom. The zero-order valence-corrected chi connectivity index (χ0v) is 19.1. The zero-order chi connectivity index (χ0) is 20.8. The van der Waals surface area contributed by atoms with E-state index in [1.807, 2.05) is 36.4 Å². The van der Waals surface area contributed by atoms with Crippen LogP contribution in [-0.2, 0) is 11.2 Å². The standard InChI is InChI=1S/C20H17Br2N3O3S/c21-16-9-13(19(22)29-16)10-18(27)23-11-15(12-5-2-1-3-6-12)25-20(28)14-7-4-8-17(26)24-14/h1-9,15H,10-11H2,(H,23,27)(H,24,26)(H,25,28). The van der Waals surface area contributed by atoms with Crippen molar-refractivity contribution in [1.82, 2.24) is 15.6 Å². The molecule has 0 aliphatic rings. The van der Waals surface area contributed by atoms with Crippen LogP contribution < -0.4 is 16.2 Å². The first-order valence-corrected chi connectivity index (χ1v) is 11.1. The molecule has 0 spiro atoms. The smallest absolute Gasteiger partial charge is 0.268 e. The van der Waals surface area contributed by atoms with Crippen molar-refractivity contribution in [2.75, 3.05) is 6.54 Å². The van der Waals surface area contributed by atoms with Crippen molar-refractivity contribution in [3.05, 3.63) is 89.3 Å². The molecular weight excluding hydrogens is 522 g/mol. The number of carbonyl (C=O) groups excluding carboxylic acids is 2. The quantitative estimate of drug-likeness (QED) is 0.427. The van der Waals surface area contributed by atoms with E-state index in [-0.39, 0.29) is 30.1 Å². The van der Waals surface area contributed by atoms with Gasteiger partial charge in [0.1, 0.15) is 5.69 Å². The highest BCUT2D eigenvalue weighted by atomic mass is 79.9. The predicted octanol–water partition coefficient (Wildman–Crippen LogP) is 3.79. The largest absolute Gasteiger partial charge is 0.353 e. The van der Waals surface area contributed by atoms with Gasteiger partial charge in [0.15, 0.2) is 0 Å².